The summed E-state index contributed by atoms with van der Waals surface area (Å²) in [6, 6.07) is 11.4. The van der Waals surface area contributed by atoms with Crippen LogP contribution in [0.15, 0.2) is 67.5 Å². The van der Waals surface area contributed by atoms with Crippen LogP contribution >= 0.6 is 0 Å². The summed E-state index contributed by atoms with van der Waals surface area (Å²) in [5.41, 5.74) is 0.685. The molecule has 0 spiro atoms. The minimum atomic E-state index is 0.0713. The first kappa shape index (κ1) is 16.3. The summed E-state index contributed by atoms with van der Waals surface area (Å²) in [6.45, 7) is 1.52. The number of carbonyl (C=O) groups excluding carboxylic acids is 1. The van der Waals surface area contributed by atoms with Crippen molar-refractivity contribution in [2.45, 2.75) is 18.9 Å². The van der Waals surface area contributed by atoms with Crippen LogP contribution in [0.2, 0.25) is 0 Å². The lowest BCUT2D eigenvalue weighted by Gasteiger charge is -2.32. The van der Waals surface area contributed by atoms with Crippen molar-refractivity contribution >= 4 is 5.91 Å². The zero-order chi connectivity index (χ0) is 17.8. The van der Waals surface area contributed by atoms with Crippen molar-refractivity contribution in [1.29, 1.82) is 0 Å². The molecule has 0 unspecified atom stereocenters. The number of nitrogens with zero attached hydrogens (tertiary/aromatic N) is 4. The number of aromatic nitrogens is 3. The Bertz CT molecular complexity index is 839. The molecule has 0 aliphatic carbocycles. The summed E-state index contributed by atoms with van der Waals surface area (Å²) in [5.74, 6) is 1.43. The number of likely N-dealkylation sites (tertiary alicyclic amines) is 1. The molecule has 3 aromatic rings. The summed E-state index contributed by atoms with van der Waals surface area (Å²) in [5, 5.41) is 0. The third kappa shape index (κ3) is 3.59. The molecule has 1 aliphatic heterocycles. The van der Waals surface area contributed by atoms with E-state index in [-0.39, 0.29) is 5.91 Å². The monoisotopic (exact) mass is 348 g/mol. The summed E-state index contributed by atoms with van der Waals surface area (Å²) >= 11 is 0. The lowest BCUT2D eigenvalue weighted by atomic mass is 10.0. The molecule has 1 aromatic carbocycles. The molecule has 0 atom stereocenters. The molecule has 0 radical (unpaired) electrons. The normalized spacial score (nSPS) is 15.0. The fraction of sp³-hybridized carbons (Fsp3) is 0.250. The van der Waals surface area contributed by atoms with E-state index in [1.807, 2.05) is 53.8 Å². The zero-order valence-electron chi connectivity index (χ0n) is 14.4. The van der Waals surface area contributed by atoms with Gasteiger partial charge in [-0.3, -0.25) is 9.78 Å². The van der Waals surface area contributed by atoms with Crippen molar-refractivity contribution in [1.82, 2.24) is 19.4 Å². The van der Waals surface area contributed by atoms with Gasteiger partial charge in [-0.05, 0) is 49.2 Å². The average Bonchev–Trinajstić information content (AvgIpc) is 3.24. The van der Waals surface area contributed by atoms with Crippen molar-refractivity contribution in [3.8, 4) is 11.5 Å². The maximum Gasteiger partial charge on any atom is 0.253 e. The van der Waals surface area contributed by atoms with Gasteiger partial charge in [0.25, 0.3) is 5.91 Å². The maximum absolute atomic E-state index is 12.7. The standard InChI is InChI=1S/C20H20N4O2/c25-20(23-11-7-17(8-12-23)24-13-10-22-15-24)16-3-5-18(6-4-16)26-19-2-1-9-21-14-19/h1-6,9-10,13-15,17H,7-8,11-12H2. The van der Waals surface area contributed by atoms with E-state index in [9.17, 15) is 4.79 Å². The van der Waals surface area contributed by atoms with Gasteiger partial charge in [0, 0.05) is 43.3 Å². The molecule has 2 aromatic heterocycles. The first-order chi connectivity index (χ1) is 12.8. The molecule has 4 rings (SSSR count). The van der Waals surface area contributed by atoms with Gasteiger partial charge >= 0.3 is 0 Å². The van der Waals surface area contributed by atoms with E-state index >= 15 is 0 Å². The smallest absolute Gasteiger partial charge is 0.253 e. The van der Waals surface area contributed by atoms with Gasteiger partial charge in [-0.15, -0.1) is 0 Å². The van der Waals surface area contributed by atoms with Crippen LogP contribution in [0.5, 0.6) is 11.5 Å². The van der Waals surface area contributed by atoms with Gasteiger partial charge in [-0.1, -0.05) is 0 Å². The van der Waals surface area contributed by atoms with E-state index in [4.69, 9.17) is 4.74 Å². The van der Waals surface area contributed by atoms with Crippen LogP contribution in [0.25, 0.3) is 0 Å². The first-order valence-corrected chi connectivity index (χ1v) is 8.74. The lowest BCUT2D eigenvalue weighted by molar-refractivity contribution is 0.0694. The average molecular weight is 348 g/mol. The van der Waals surface area contributed by atoms with E-state index in [2.05, 4.69) is 14.5 Å². The molecule has 0 N–H and O–H groups in total. The number of hydrogen-bond donors (Lipinski definition) is 0. The first-order valence-electron chi connectivity index (χ1n) is 8.74. The second kappa shape index (κ2) is 7.39. The summed E-state index contributed by atoms with van der Waals surface area (Å²) in [4.78, 5) is 22.8. The van der Waals surface area contributed by atoms with Crippen LogP contribution in [0.1, 0.15) is 29.2 Å². The number of piperidine rings is 1. The number of benzene rings is 1. The van der Waals surface area contributed by atoms with Gasteiger partial charge in [0.05, 0.1) is 12.5 Å². The van der Waals surface area contributed by atoms with Crippen molar-refractivity contribution in [2.75, 3.05) is 13.1 Å². The van der Waals surface area contributed by atoms with Gasteiger partial charge in [0.2, 0.25) is 0 Å². The number of imidazole rings is 1. The van der Waals surface area contributed by atoms with E-state index in [1.165, 1.54) is 0 Å². The van der Waals surface area contributed by atoms with E-state index in [0.29, 0.717) is 23.1 Å². The lowest BCUT2D eigenvalue weighted by Crippen LogP contribution is -2.38. The van der Waals surface area contributed by atoms with E-state index in [1.54, 1.807) is 18.6 Å². The quantitative estimate of drug-likeness (QED) is 0.723. The number of hydrogen-bond acceptors (Lipinski definition) is 4. The number of ether oxygens (including phenoxy) is 1. The molecular weight excluding hydrogens is 328 g/mol. The predicted molar refractivity (Wildman–Crippen MR) is 97.2 cm³/mol. The van der Waals surface area contributed by atoms with Gasteiger partial charge in [0.15, 0.2) is 0 Å². The molecule has 3 heterocycles. The fourth-order valence-electron chi connectivity index (χ4n) is 3.24. The number of amides is 1. The molecule has 0 bridgehead atoms. The summed E-state index contributed by atoms with van der Waals surface area (Å²) in [6.07, 6.45) is 10.9. The molecule has 6 nitrogen and oxygen atoms in total. The van der Waals surface area contributed by atoms with Crippen molar-refractivity contribution in [3.05, 3.63) is 73.1 Å². The fourth-order valence-corrected chi connectivity index (χ4v) is 3.24. The highest BCUT2D eigenvalue weighted by Gasteiger charge is 2.24. The zero-order valence-corrected chi connectivity index (χ0v) is 14.4. The Morgan fingerprint density at radius 1 is 1.00 bits per heavy atom. The van der Waals surface area contributed by atoms with Crippen molar-refractivity contribution in [2.24, 2.45) is 0 Å². The van der Waals surface area contributed by atoms with Gasteiger partial charge in [-0.25, -0.2) is 4.98 Å². The maximum atomic E-state index is 12.7. The van der Waals surface area contributed by atoms with Crippen LogP contribution in [0.4, 0.5) is 0 Å². The highest BCUT2D eigenvalue weighted by Crippen LogP contribution is 2.25. The van der Waals surface area contributed by atoms with E-state index < -0.39 is 0 Å². The van der Waals surface area contributed by atoms with Crippen LogP contribution in [0.3, 0.4) is 0 Å². The molecule has 1 aliphatic rings. The third-order valence-electron chi connectivity index (χ3n) is 4.67. The second-order valence-electron chi connectivity index (χ2n) is 6.35. The second-order valence-corrected chi connectivity index (χ2v) is 6.35. The van der Waals surface area contributed by atoms with Crippen molar-refractivity contribution in [3.63, 3.8) is 0 Å². The topological polar surface area (TPSA) is 60.2 Å². The Kier molecular flexibility index (Phi) is 4.64. The predicted octanol–water partition coefficient (Wildman–Crippen LogP) is 3.55. The van der Waals surface area contributed by atoms with Gasteiger partial charge in [0.1, 0.15) is 11.5 Å². The molecular formula is C20H20N4O2. The molecule has 26 heavy (non-hydrogen) atoms. The van der Waals surface area contributed by atoms with Crippen LogP contribution < -0.4 is 4.74 Å². The van der Waals surface area contributed by atoms with E-state index in [0.717, 1.165) is 25.9 Å². The Labute approximate surface area is 152 Å². The summed E-state index contributed by atoms with van der Waals surface area (Å²) < 4.78 is 7.85. The number of pyridine rings is 1. The summed E-state index contributed by atoms with van der Waals surface area (Å²) in [7, 11) is 0. The van der Waals surface area contributed by atoms with Gasteiger partial charge in [-0.2, -0.15) is 0 Å². The third-order valence-corrected chi connectivity index (χ3v) is 4.67. The minimum Gasteiger partial charge on any atom is -0.456 e. The van der Waals surface area contributed by atoms with Gasteiger partial charge < -0.3 is 14.2 Å². The minimum absolute atomic E-state index is 0.0713. The van der Waals surface area contributed by atoms with Crippen LogP contribution in [-0.2, 0) is 0 Å². The molecule has 1 amide bonds. The Balaban J connectivity index is 1.36. The number of rotatable bonds is 4. The molecule has 1 fully saturated rings. The van der Waals surface area contributed by atoms with Crippen molar-refractivity contribution < 1.29 is 9.53 Å². The Hall–Kier alpha value is -3.15. The SMILES string of the molecule is O=C(c1ccc(Oc2cccnc2)cc1)N1CCC(n2ccnc2)CC1. The molecule has 6 heteroatoms. The Morgan fingerprint density at radius 2 is 1.81 bits per heavy atom. The number of carbonyl (C=O) groups is 1. The van der Waals surface area contributed by atoms with Crippen LogP contribution in [0, 0.1) is 0 Å². The highest BCUT2D eigenvalue weighted by molar-refractivity contribution is 5.94. The molecule has 1 saturated heterocycles. The highest BCUT2D eigenvalue weighted by atomic mass is 16.5. The largest absolute Gasteiger partial charge is 0.456 e. The molecule has 0 saturated carbocycles. The van der Waals surface area contributed by atoms with Crippen LogP contribution in [-0.4, -0.2) is 38.4 Å². The Morgan fingerprint density at radius 3 is 2.46 bits per heavy atom. The molecule has 132 valence electrons.